The monoisotopic (exact) mass is 231 g/mol. The Balaban J connectivity index is 3.41. The number of carboxylic acid groups (broad SMARTS) is 1. The molecular weight excluding hydrogens is 210 g/mol. The summed E-state index contributed by atoms with van der Waals surface area (Å²) in [6.45, 7) is 1.88. The van der Waals surface area contributed by atoms with Gasteiger partial charge in [0.15, 0.2) is 0 Å². The molecule has 0 saturated heterocycles. The largest absolute Gasteiger partial charge is 0.480 e. The SMILES string of the molecule is CCCCCCCC(=O)OCC(N)C(=O)O. The summed E-state index contributed by atoms with van der Waals surface area (Å²) < 4.78 is 4.73. The minimum Gasteiger partial charge on any atom is -0.480 e. The minimum atomic E-state index is -1.16. The fourth-order valence-electron chi connectivity index (χ4n) is 1.20. The van der Waals surface area contributed by atoms with Crippen molar-refractivity contribution in [3.8, 4) is 0 Å². The van der Waals surface area contributed by atoms with Crippen molar-refractivity contribution in [3.05, 3.63) is 0 Å². The van der Waals surface area contributed by atoms with Crippen LogP contribution >= 0.6 is 0 Å². The Morgan fingerprint density at radius 2 is 1.88 bits per heavy atom. The first kappa shape index (κ1) is 14.9. The van der Waals surface area contributed by atoms with Crippen molar-refractivity contribution in [2.45, 2.75) is 51.5 Å². The van der Waals surface area contributed by atoms with E-state index >= 15 is 0 Å². The quantitative estimate of drug-likeness (QED) is 0.461. The maximum absolute atomic E-state index is 11.1. The fourth-order valence-corrected chi connectivity index (χ4v) is 1.20. The van der Waals surface area contributed by atoms with E-state index in [1.54, 1.807) is 0 Å². The Labute approximate surface area is 96.0 Å². The minimum absolute atomic E-state index is 0.247. The molecule has 94 valence electrons. The van der Waals surface area contributed by atoms with Crippen molar-refractivity contribution in [2.75, 3.05) is 6.61 Å². The van der Waals surface area contributed by atoms with Crippen LogP contribution in [0.5, 0.6) is 0 Å². The molecule has 0 aliphatic rings. The molecule has 0 aromatic carbocycles. The molecule has 3 N–H and O–H groups in total. The topological polar surface area (TPSA) is 89.6 Å². The van der Waals surface area contributed by atoms with Crippen LogP contribution in [0.3, 0.4) is 0 Å². The number of carbonyl (C=O) groups excluding carboxylic acids is 1. The molecular formula is C11H21NO4. The summed E-state index contributed by atoms with van der Waals surface area (Å²) in [5.74, 6) is -1.52. The number of aliphatic carboxylic acids is 1. The summed E-state index contributed by atoms with van der Waals surface area (Å²) in [7, 11) is 0. The lowest BCUT2D eigenvalue weighted by molar-refractivity contribution is -0.147. The van der Waals surface area contributed by atoms with Gasteiger partial charge in [0, 0.05) is 6.42 Å². The van der Waals surface area contributed by atoms with E-state index in [4.69, 9.17) is 15.6 Å². The summed E-state index contributed by atoms with van der Waals surface area (Å²) in [4.78, 5) is 21.5. The maximum atomic E-state index is 11.1. The highest BCUT2D eigenvalue weighted by Gasteiger charge is 2.13. The van der Waals surface area contributed by atoms with Crippen molar-refractivity contribution >= 4 is 11.9 Å². The summed E-state index contributed by atoms with van der Waals surface area (Å²) in [6, 6.07) is -1.12. The third-order valence-electron chi connectivity index (χ3n) is 2.23. The van der Waals surface area contributed by atoms with Gasteiger partial charge in [-0.1, -0.05) is 32.6 Å². The van der Waals surface area contributed by atoms with E-state index in [0.717, 1.165) is 25.7 Å². The average molecular weight is 231 g/mol. The Morgan fingerprint density at radius 1 is 1.25 bits per heavy atom. The van der Waals surface area contributed by atoms with Gasteiger partial charge in [-0.25, -0.2) is 0 Å². The summed E-state index contributed by atoms with van der Waals surface area (Å²) in [6.07, 6.45) is 5.61. The van der Waals surface area contributed by atoms with E-state index in [-0.39, 0.29) is 12.6 Å². The molecule has 0 aliphatic carbocycles. The van der Waals surface area contributed by atoms with Gasteiger partial charge in [0.05, 0.1) is 0 Å². The first-order valence-electron chi connectivity index (χ1n) is 5.72. The fraction of sp³-hybridized carbons (Fsp3) is 0.818. The van der Waals surface area contributed by atoms with Gasteiger partial charge in [0.2, 0.25) is 0 Å². The molecule has 16 heavy (non-hydrogen) atoms. The van der Waals surface area contributed by atoms with Gasteiger partial charge in [-0.15, -0.1) is 0 Å². The second-order valence-electron chi connectivity index (χ2n) is 3.79. The Hall–Kier alpha value is -1.10. The summed E-state index contributed by atoms with van der Waals surface area (Å²) >= 11 is 0. The van der Waals surface area contributed by atoms with E-state index in [2.05, 4.69) is 6.92 Å². The molecule has 0 bridgehead atoms. The normalized spacial score (nSPS) is 12.1. The molecule has 1 unspecified atom stereocenters. The van der Waals surface area contributed by atoms with Crippen molar-refractivity contribution in [1.82, 2.24) is 0 Å². The molecule has 0 aromatic rings. The van der Waals surface area contributed by atoms with E-state index in [1.807, 2.05) is 0 Å². The van der Waals surface area contributed by atoms with E-state index in [9.17, 15) is 9.59 Å². The van der Waals surface area contributed by atoms with E-state index in [1.165, 1.54) is 6.42 Å². The van der Waals surface area contributed by atoms with Crippen LogP contribution in [0, 0.1) is 0 Å². The number of nitrogens with two attached hydrogens (primary N) is 1. The molecule has 0 fully saturated rings. The molecule has 1 atom stereocenters. The third-order valence-corrected chi connectivity index (χ3v) is 2.23. The molecule has 0 radical (unpaired) electrons. The number of ether oxygens (including phenoxy) is 1. The lowest BCUT2D eigenvalue weighted by atomic mass is 10.1. The van der Waals surface area contributed by atoms with Crippen LogP contribution in [0.2, 0.25) is 0 Å². The van der Waals surface area contributed by atoms with Crippen molar-refractivity contribution in [2.24, 2.45) is 5.73 Å². The van der Waals surface area contributed by atoms with Crippen LogP contribution in [0.25, 0.3) is 0 Å². The molecule has 0 heterocycles. The van der Waals surface area contributed by atoms with Gasteiger partial charge in [-0.05, 0) is 6.42 Å². The number of hydrogen-bond acceptors (Lipinski definition) is 4. The highest BCUT2D eigenvalue weighted by molar-refractivity contribution is 5.74. The summed E-state index contributed by atoms with van der Waals surface area (Å²) in [5, 5.41) is 8.45. The van der Waals surface area contributed by atoms with Crippen molar-refractivity contribution in [1.29, 1.82) is 0 Å². The van der Waals surface area contributed by atoms with Gasteiger partial charge in [0.1, 0.15) is 12.6 Å². The number of carbonyl (C=O) groups is 2. The van der Waals surface area contributed by atoms with Crippen molar-refractivity contribution < 1.29 is 19.4 Å². The summed E-state index contributed by atoms with van der Waals surface area (Å²) in [5.41, 5.74) is 5.18. The zero-order valence-electron chi connectivity index (χ0n) is 9.78. The standard InChI is InChI=1S/C11H21NO4/c1-2-3-4-5-6-7-10(13)16-8-9(12)11(14)15/h9H,2-8,12H2,1H3,(H,14,15). The van der Waals surface area contributed by atoms with Crippen LogP contribution in [0.1, 0.15) is 45.4 Å². The number of esters is 1. The predicted octanol–water partition coefficient (Wildman–Crippen LogP) is 1.30. The lowest BCUT2D eigenvalue weighted by Gasteiger charge is -2.07. The zero-order chi connectivity index (χ0) is 12.4. The Morgan fingerprint density at radius 3 is 2.44 bits per heavy atom. The molecule has 0 amide bonds. The van der Waals surface area contributed by atoms with E-state index < -0.39 is 12.0 Å². The van der Waals surface area contributed by atoms with Crippen LogP contribution < -0.4 is 5.73 Å². The number of rotatable bonds is 9. The molecule has 0 rings (SSSR count). The van der Waals surface area contributed by atoms with Gasteiger partial charge in [-0.3, -0.25) is 9.59 Å². The van der Waals surface area contributed by atoms with Gasteiger partial charge in [-0.2, -0.15) is 0 Å². The predicted molar refractivity (Wildman–Crippen MR) is 59.9 cm³/mol. The Kier molecular flexibility index (Phi) is 8.52. The molecule has 0 aliphatic heterocycles. The Bertz CT molecular complexity index is 218. The maximum Gasteiger partial charge on any atom is 0.324 e. The molecule has 5 heteroatoms. The van der Waals surface area contributed by atoms with Crippen LogP contribution in [-0.4, -0.2) is 29.7 Å². The smallest absolute Gasteiger partial charge is 0.324 e. The van der Waals surface area contributed by atoms with Crippen LogP contribution in [0.4, 0.5) is 0 Å². The van der Waals surface area contributed by atoms with Crippen LogP contribution in [-0.2, 0) is 14.3 Å². The molecule has 0 spiro atoms. The molecule has 0 aromatic heterocycles. The number of hydrogen-bond donors (Lipinski definition) is 2. The number of unbranched alkanes of at least 4 members (excludes halogenated alkanes) is 4. The average Bonchev–Trinajstić information content (AvgIpc) is 2.25. The van der Waals surface area contributed by atoms with Gasteiger partial charge >= 0.3 is 11.9 Å². The van der Waals surface area contributed by atoms with Crippen molar-refractivity contribution in [3.63, 3.8) is 0 Å². The second kappa shape index (κ2) is 9.15. The second-order valence-corrected chi connectivity index (χ2v) is 3.79. The van der Waals surface area contributed by atoms with Crippen LogP contribution in [0.15, 0.2) is 0 Å². The first-order valence-corrected chi connectivity index (χ1v) is 5.72. The zero-order valence-corrected chi connectivity index (χ0v) is 9.78. The highest BCUT2D eigenvalue weighted by atomic mass is 16.5. The molecule has 0 saturated carbocycles. The first-order chi connectivity index (χ1) is 7.57. The highest BCUT2D eigenvalue weighted by Crippen LogP contribution is 2.05. The van der Waals surface area contributed by atoms with Gasteiger partial charge < -0.3 is 15.6 Å². The lowest BCUT2D eigenvalue weighted by Crippen LogP contribution is -2.35. The van der Waals surface area contributed by atoms with Gasteiger partial charge in [0.25, 0.3) is 0 Å². The third kappa shape index (κ3) is 8.23. The molecule has 5 nitrogen and oxygen atoms in total. The number of carboxylic acids is 1. The van der Waals surface area contributed by atoms with E-state index in [0.29, 0.717) is 6.42 Å².